The normalized spacial score (nSPS) is 11.6. The molecule has 0 aliphatic rings. The number of anilines is 1. The largest absolute Gasteiger partial charge is 0.465 e. The van der Waals surface area contributed by atoms with Gasteiger partial charge < -0.3 is 10.5 Å². The first-order valence-corrected chi connectivity index (χ1v) is 7.30. The molecule has 0 unspecified atom stereocenters. The first kappa shape index (κ1) is 15.5. The minimum absolute atomic E-state index is 0.0331. The third-order valence-electron chi connectivity index (χ3n) is 2.77. The predicted octanol–water partition coefficient (Wildman–Crippen LogP) is 1.09. The van der Waals surface area contributed by atoms with Crippen molar-refractivity contribution < 1.29 is 17.9 Å². The number of nitrogens with two attached hydrogens (primary N) is 1. The molecular weight excluding hydrogens is 268 g/mol. The van der Waals surface area contributed by atoms with E-state index >= 15 is 0 Å². The summed E-state index contributed by atoms with van der Waals surface area (Å²) in [6.45, 7) is 4.21. The lowest BCUT2D eigenvalue weighted by molar-refractivity contribution is 0.0601. The van der Waals surface area contributed by atoms with Crippen molar-refractivity contribution in [3.8, 4) is 0 Å². The molecule has 0 aliphatic carbocycles. The summed E-state index contributed by atoms with van der Waals surface area (Å²) in [5.41, 5.74) is 5.88. The van der Waals surface area contributed by atoms with Gasteiger partial charge in [-0.15, -0.1) is 0 Å². The van der Waals surface area contributed by atoms with E-state index in [4.69, 9.17) is 5.73 Å². The second kappa shape index (κ2) is 6.03. The fourth-order valence-corrected chi connectivity index (χ4v) is 3.18. The van der Waals surface area contributed by atoms with Crippen molar-refractivity contribution in [2.45, 2.75) is 18.7 Å². The Hall–Kier alpha value is -1.60. The zero-order valence-electron chi connectivity index (χ0n) is 11.2. The van der Waals surface area contributed by atoms with Crippen LogP contribution in [0, 0.1) is 0 Å². The molecule has 0 saturated carbocycles. The summed E-state index contributed by atoms with van der Waals surface area (Å²) < 4.78 is 30.5. The summed E-state index contributed by atoms with van der Waals surface area (Å²) in [5, 5.41) is 0. The third-order valence-corrected chi connectivity index (χ3v) is 4.82. The second-order valence-corrected chi connectivity index (χ2v) is 5.77. The molecule has 0 aliphatic heterocycles. The van der Waals surface area contributed by atoms with E-state index in [1.54, 1.807) is 13.8 Å². The summed E-state index contributed by atoms with van der Waals surface area (Å²) in [6.07, 6.45) is 0. The Labute approximate surface area is 113 Å². The molecular formula is C12H18N2O4S. The van der Waals surface area contributed by atoms with E-state index in [-0.39, 0.29) is 16.1 Å². The Kier molecular flexibility index (Phi) is 4.90. The van der Waals surface area contributed by atoms with Crippen LogP contribution in [-0.4, -0.2) is 38.9 Å². The lowest BCUT2D eigenvalue weighted by atomic mass is 10.2. The smallest absolute Gasteiger partial charge is 0.339 e. The van der Waals surface area contributed by atoms with Gasteiger partial charge in [0.15, 0.2) is 0 Å². The maximum absolute atomic E-state index is 12.3. The van der Waals surface area contributed by atoms with E-state index < -0.39 is 16.0 Å². The summed E-state index contributed by atoms with van der Waals surface area (Å²) in [6, 6.07) is 4.02. The van der Waals surface area contributed by atoms with Gasteiger partial charge in [0.05, 0.1) is 17.6 Å². The van der Waals surface area contributed by atoms with E-state index in [9.17, 15) is 13.2 Å². The standard InChI is InChI=1S/C12H18N2O4S/c1-4-14(5-2)19(16,17)9-6-7-11(13)10(8-9)12(15)18-3/h6-8H,4-5,13H2,1-3H3. The minimum Gasteiger partial charge on any atom is -0.465 e. The highest BCUT2D eigenvalue weighted by molar-refractivity contribution is 7.89. The monoisotopic (exact) mass is 286 g/mol. The summed E-state index contributed by atoms with van der Waals surface area (Å²) in [5.74, 6) is -0.658. The van der Waals surface area contributed by atoms with Crippen molar-refractivity contribution in [3.63, 3.8) is 0 Å². The van der Waals surface area contributed by atoms with Crippen molar-refractivity contribution in [2.75, 3.05) is 25.9 Å². The molecule has 1 aromatic carbocycles. The SMILES string of the molecule is CCN(CC)S(=O)(=O)c1ccc(N)c(C(=O)OC)c1. The highest BCUT2D eigenvalue weighted by atomic mass is 32.2. The molecule has 0 saturated heterocycles. The molecule has 0 atom stereocenters. The van der Waals surface area contributed by atoms with Crippen LogP contribution in [0.5, 0.6) is 0 Å². The molecule has 0 radical (unpaired) electrons. The molecule has 1 aromatic rings. The Morgan fingerprint density at radius 1 is 1.32 bits per heavy atom. The van der Waals surface area contributed by atoms with Crippen molar-refractivity contribution in [1.29, 1.82) is 0 Å². The number of rotatable bonds is 5. The molecule has 1 rings (SSSR count). The lowest BCUT2D eigenvalue weighted by Crippen LogP contribution is -2.30. The van der Waals surface area contributed by atoms with Crippen LogP contribution in [0.1, 0.15) is 24.2 Å². The number of hydrogen-bond acceptors (Lipinski definition) is 5. The number of carbonyl (C=O) groups is 1. The summed E-state index contributed by atoms with van der Waals surface area (Å²) in [4.78, 5) is 11.5. The summed E-state index contributed by atoms with van der Waals surface area (Å²) in [7, 11) is -2.40. The van der Waals surface area contributed by atoms with E-state index in [0.717, 1.165) is 0 Å². The molecule has 0 bridgehead atoms. The Bertz CT molecular complexity index is 565. The molecule has 19 heavy (non-hydrogen) atoms. The van der Waals surface area contributed by atoms with E-state index in [1.165, 1.54) is 29.6 Å². The third kappa shape index (κ3) is 3.05. The molecule has 0 aromatic heterocycles. The number of nitrogen functional groups attached to an aromatic ring is 1. The topological polar surface area (TPSA) is 89.7 Å². The number of carbonyl (C=O) groups excluding carboxylic acids is 1. The van der Waals surface area contributed by atoms with Crippen LogP contribution in [0.3, 0.4) is 0 Å². The molecule has 2 N–H and O–H groups in total. The van der Waals surface area contributed by atoms with Gasteiger partial charge in [-0.3, -0.25) is 0 Å². The van der Waals surface area contributed by atoms with Crippen molar-refractivity contribution >= 4 is 21.7 Å². The first-order valence-electron chi connectivity index (χ1n) is 5.86. The molecule has 6 nitrogen and oxygen atoms in total. The molecule has 7 heteroatoms. The van der Waals surface area contributed by atoms with Crippen molar-refractivity contribution in [2.24, 2.45) is 0 Å². The van der Waals surface area contributed by atoms with Crippen LogP contribution in [0.25, 0.3) is 0 Å². The predicted molar refractivity (Wildman–Crippen MR) is 72.3 cm³/mol. The number of ether oxygens (including phenoxy) is 1. The van der Waals surface area contributed by atoms with Gasteiger partial charge in [0.2, 0.25) is 10.0 Å². The average Bonchev–Trinajstić information content (AvgIpc) is 2.39. The Morgan fingerprint density at radius 3 is 2.37 bits per heavy atom. The first-order chi connectivity index (χ1) is 8.88. The molecule has 0 fully saturated rings. The second-order valence-electron chi connectivity index (χ2n) is 3.83. The number of benzene rings is 1. The van der Waals surface area contributed by atoms with E-state index in [1.807, 2.05) is 0 Å². The minimum atomic E-state index is -3.61. The molecule has 0 amide bonds. The lowest BCUT2D eigenvalue weighted by Gasteiger charge is -2.19. The highest BCUT2D eigenvalue weighted by Gasteiger charge is 2.23. The highest BCUT2D eigenvalue weighted by Crippen LogP contribution is 2.21. The fourth-order valence-electron chi connectivity index (χ4n) is 1.70. The van der Waals surface area contributed by atoms with Crippen LogP contribution < -0.4 is 5.73 Å². The van der Waals surface area contributed by atoms with Gasteiger partial charge in [-0.2, -0.15) is 4.31 Å². The fraction of sp³-hybridized carbons (Fsp3) is 0.417. The maximum atomic E-state index is 12.3. The number of esters is 1. The van der Waals surface area contributed by atoms with Crippen LogP contribution >= 0.6 is 0 Å². The van der Waals surface area contributed by atoms with Gasteiger partial charge in [0.1, 0.15) is 0 Å². The Morgan fingerprint density at radius 2 is 1.89 bits per heavy atom. The van der Waals surface area contributed by atoms with Gasteiger partial charge >= 0.3 is 5.97 Å². The maximum Gasteiger partial charge on any atom is 0.339 e. The van der Waals surface area contributed by atoms with Gasteiger partial charge in [-0.05, 0) is 18.2 Å². The van der Waals surface area contributed by atoms with Crippen LogP contribution in [0.4, 0.5) is 5.69 Å². The zero-order chi connectivity index (χ0) is 14.6. The number of methoxy groups -OCH3 is 1. The molecule has 106 valence electrons. The van der Waals surface area contributed by atoms with Crippen molar-refractivity contribution in [1.82, 2.24) is 4.31 Å². The number of hydrogen-bond donors (Lipinski definition) is 1. The number of nitrogens with zero attached hydrogens (tertiary/aromatic N) is 1. The van der Waals surface area contributed by atoms with E-state index in [2.05, 4.69) is 4.74 Å². The van der Waals surface area contributed by atoms with Gasteiger partial charge in [-0.1, -0.05) is 13.8 Å². The number of sulfonamides is 1. The quantitative estimate of drug-likeness (QED) is 0.646. The molecule has 0 heterocycles. The van der Waals surface area contributed by atoms with Gasteiger partial charge in [0.25, 0.3) is 0 Å². The zero-order valence-corrected chi connectivity index (χ0v) is 12.0. The average molecular weight is 286 g/mol. The van der Waals surface area contributed by atoms with Crippen LogP contribution in [0.2, 0.25) is 0 Å². The van der Waals surface area contributed by atoms with Gasteiger partial charge in [0, 0.05) is 18.8 Å². The Balaban J connectivity index is 3.33. The summed E-state index contributed by atoms with van der Waals surface area (Å²) >= 11 is 0. The van der Waals surface area contributed by atoms with E-state index in [0.29, 0.717) is 13.1 Å². The molecule has 0 spiro atoms. The van der Waals surface area contributed by atoms with Gasteiger partial charge in [-0.25, -0.2) is 13.2 Å². The van der Waals surface area contributed by atoms with Crippen LogP contribution in [0.15, 0.2) is 23.1 Å². The van der Waals surface area contributed by atoms with Crippen molar-refractivity contribution in [3.05, 3.63) is 23.8 Å². The van der Waals surface area contributed by atoms with Crippen LogP contribution in [-0.2, 0) is 14.8 Å².